The number of nitrogens with one attached hydrogen (secondary N) is 1. The normalized spacial score (nSPS) is 20.5. The van der Waals surface area contributed by atoms with Crippen molar-refractivity contribution in [1.29, 1.82) is 0 Å². The van der Waals surface area contributed by atoms with Crippen molar-refractivity contribution in [3.63, 3.8) is 0 Å². The van der Waals surface area contributed by atoms with Gasteiger partial charge in [0.1, 0.15) is 0 Å². The molecule has 0 bridgehead atoms. The Morgan fingerprint density at radius 3 is 2.63 bits per heavy atom. The van der Waals surface area contributed by atoms with Crippen LogP contribution in [0.2, 0.25) is 0 Å². The number of hydrogen-bond acceptors (Lipinski definition) is 2. The van der Waals surface area contributed by atoms with E-state index < -0.39 is 0 Å². The van der Waals surface area contributed by atoms with E-state index in [0.29, 0.717) is 5.91 Å². The highest BCUT2D eigenvalue weighted by molar-refractivity contribution is 5.78. The summed E-state index contributed by atoms with van der Waals surface area (Å²) >= 11 is 0. The molecule has 0 radical (unpaired) electrons. The third-order valence-corrected chi connectivity index (χ3v) is 4.64. The van der Waals surface area contributed by atoms with E-state index in [4.69, 9.17) is 0 Å². The summed E-state index contributed by atoms with van der Waals surface area (Å²) in [5.74, 6) is 0.414. The highest BCUT2D eigenvalue weighted by atomic mass is 16.2. The number of likely N-dealkylation sites (tertiary alicyclic amines) is 1. The van der Waals surface area contributed by atoms with Crippen molar-refractivity contribution in [2.24, 2.45) is 5.92 Å². The monoisotopic (exact) mass is 258 g/mol. The molecule has 102 valence electrons. The van der Waals surface area contributed by atoms with E-state index in [1.54, 1.807) is 0 Å². The van der Waals surface area contributed by atoms with Crippen LogP contribution >= 0.6 is 0 Å². The molecule has 1 aromatic rings. The standard InChI is InChI=1S/C16H22N2O/c1-12(2)15(19)18-9-7-16(8-10-18)11-17-14-6-4-3-5-13(14)16/h3-6,12,17H,7-11H2,1-2H3. The van der Waals surface area contributed by atoms with E-state index in [2.05, 4.69) is 29.6 Å². The average Bonchev–Trinajstić information content (AvgIpc) is 2.78. The maximum Gasteiger partial charge on any atom is 0.225 e. The smallest absolute Gasteiger partial charge is 0.225 e. The van der Waals surface area contributed by atoms with Gasteiger partial charge in [-0.3, -0.25) is 4.79 Å². The van der Waals surface area contributed by atoms with Crippen LogP contribution in [0.15, 0.2) is 24.3 Å². The molecule has 1 amide bonds. The van der Waals surface area contributed by atoms with Gasteiger partial charge >= 0.3 is 0 Å². The fraction of sp³-hybridized carbons (Fsp3) is 0.562. The Hall–Kier alpha value is -1.51. The minimum Gasteiger partial charge on any atom is -0.384 e. The molecule has 3 rings (SSSR count). The van der Waals surface area contributed by atoms with E-state index >= 15 is 0 Å². The van der Waals surface area contributed by atoms with Crippen LogP contribution in [-0.4, -0.2) is 30.4 Å². The van der Waals surface area contributed by atoms with Crippen molar-refractivity contribution in [2.75, 3.05) is 25.0 Å². The highest BCUT2D eigenvalue weighted by Crippen LogP contribution is 2.43. The predicted molar refractivity (Wildman–Crippen MR) is 77.3 cm³/mol. The maximum absolute atomic E-state index is 12.1. The highest BCUT2D eigenvalue weighted by Gasteiger charge is 2.42. The van der Waals surface area contributed by atoms with E-state index in [-0.39, 0.29) is 11.3 Å². The van der Waals surface area contributed by atoms with Gasteiger partial charge in [-0.25, -0.2) is 0 Å². The minimum absolute atomic E-state index is 0.114. The molecule has 3 heteroatoms. The largest absolute Gasteiger partial charge is 0.384 e. The number of rotatable bonds is 1. The van der Waals surface area contributed by atoms with E-state index in [9.17, 15) is 4.79 Å². The second kappa shape index (κ2) is 4.55. The first-order valence-corrected chi connectivity index (χ1v) is 7.25. The summed E-state index contributed by atoms with van der Waals surface area (Å²) in [5, 5.41) is 3.52. The molecular weight excluding hydrogens is 236 g/mol. The van der Waals surface area contributed by atoms with Gasteiger partial charge in [0.2, 0.25) is 5.91 Å². The van der Waals surface area contributed by atoms with Crippen molar-refractivity contribution < 1.29 is 4.79 Å². The lowest BCUT2D eigenvalue weighted by molar-refractivity contribution is -0.136. The zero-order valence-corrected chi connectivity index (χ0v) is 11.8. The quantitative estimate of drug-likeness (QED) is 0.840. The van der Waals surface area contributed by atoms with E-state index in [1.807, 2.05) is 18.7 Å². The number of carbonyl (C=O) groups is 1. The third kappa shape index (κ3) is 2.01. The molecular formula is C16H22N2O. The molecule has 1 saturated heterocycles. The van der Waals surface area contributed by atoms with Crippen LogP contribution in [0.1, 0.15) is 32.3 Å². The van der Waals surface area contributed by atoms with Gasteiger partial charge in [-0.1, -0.05) is 32.0 Å². The molecule has 1 N–H and O–H groups in total. The number of fused-ring (bicyclic) bond motifs is 2. The Morgan fingerprint density at radius 1 is 1.26 bits per heavy atom. The Morgan fingerprint density at radius 2 is 1.95 bits per heavy atom. The fourth-order valence-corrected chi connectivity index (χ4v) is 3.43. The van der Waals surface area contributed by atoms with Crippen molar-refractivity contribution in [3.05, 3.63) is 29.8 Å². The molecule has 1 fully saturated rings. The first-order valence-electron chi connectivity index (χ1n) is 7.25. The molecule has 2 aliphatic heterocycles. The average molecular weight is 258 g/mol. The number of anilines is 1. The summed E-state index contributed by atoms with van der Waals surface area (Å²) < 4.78 is 0. The summed E-state index contributed by atoms with van der Waals surface area (Å²) in [6.45, 7) is 6.79. The predicted octanol–water partition coefficient (Wildman–Crippen LogP) is 2.63. The lowest BCUT2D eigenvalue weighted by atomic mass is 9.74. The molecule has 3 nitrogen and oxygen atoms in total. The fourth-order valence-electron chi connectivity index (χ4n) is 3.43. The number of carbonyl (C=O) groups excluding carboxylic acids is 1. The molecule has 2 heterocycles. The van der Waals surface area contributed by atoms with Crippen molar-refractivity contribution in [3.8, 4) is 0 Å². The molecule has 1 spiro atoms. The Balaban J connectivity index is 1.76. The van der Waals surface area contributed by atoms with Gasteiger partial charge in [-0.15, -0.1) is 0 Å². The zero-order chi connectivity index (χ0) is 13.5. The Labute approximate surface area is 115 Å². The lowest BCUT2D eigenvalue weighted by Gasteiger charge is -2.40. The second-order valence-corrected chi connectivity index (χ2v) is 6.16. The summed E-state index contributed by atoms with van der Waals surface area (Å²) in [6, 6.07) is 8.62. The van der Waals surface area contributed by atoms with Crippen LogP contribution in [0.25, 0.3) is 0 Å². The van der Waals surface area contributed by atoms with Gasteiger partial charge in [0.05, 0.1) is 0 Å². The molecule has 0 saturated carbocycles. The number of piperidine rings is 1. The summed E-state index contributed by atoms with van der Waals surface area (Å²) in [7, 11) is 0. The van der Waals surface area contributed by atoms with Crippen LogP contribution in [0.4, 0.5) is 5.69 Å². The molecule has 19 heavy (non-hydrogen) atoms. The van der Waals surface area contributed by atoms with Gasteiger partial charge in [0.15, 0.2) is 0 Å². The zero-order valence-electron chi connectivity index (χ0n) is 11.8. The van der Waals surface area contributed by atoms with Crippen LogP contribution in [0, 0.1) is 5.92 Å². The van der Waals surface area contributed by atoms with Crippen molar-refractivity contribution in [2.45, 2.75) is 32.1 Å². The molecule has 1 aromatic carbocycles. The number of nitrogens with zero attached hydrogens (tertiary/aromatic N) is 1. The van der Waals surface area contributed by atoms with Crippen LogP contribution in [0.5, 0.6) is 0 Å². The van der Waals surface area contributed by atoms with Crippen molar-refractivity contribution in [1.82, 2.24) is 4.90 Å². The molecule has 2 aliphatic rings. The number of amides is 1. The van der Waals surface area contributed by atoms with Gasteiger partial charge in [-0.05, 0) is 24.5 Å². The Bertz CT molecular complexity index is 487. The van der Waals surface area contributed by atoms with Gasteiger partial charge in [0.25, 0.3) is 0 Å². The topological polar surface area (TPSA) is 32.3 Å². The van der Waals surface area contributed by atoms with Crippen LogP contribution < -0.4 is 5.32 Å². The minimum atomic E-state index is 0.114. The molecule has 0 aromatic heterocycles. The SMILES string of the molecule is CC(C)C(=O)N1CCC2(CC1)CNc1ccccc12. The van der Waals surface area contributed by atoms with E-state index in [0.717, 1.165) is 32.5 Å². The molecule has 0 aliphatic carbocycles. The maximum atomic E-state index is 12.1. The van der Waals surface area contributed by atoms with Crippen molar-refractivity contribution >= 4 is 11.6 Å². The molecule has 0 atom stereocenters. The first kappa shape index (κ1) is 12.5. The number of hydrogen-bond donors (Lipinski definition) is 1. The summed E-state index contributed by atoms with van der Waals surface area (Å²) in [5.41, 5.74) is 2.99. The second-order valence-electron chi connectivity index (χ2n) is 6.16. The first-order chi connectivity index (χ1) is 9.12. The number of benzene rings is 1. The molecule has 0 unspecified atom stereocenters. The third-order valence-electron chi connectivity index (χ3n) is 4.64. The van der Waals surface area contributed by atoms with Crippen LogP contribution in [-0.2, 0) is 10.2 Å². The lowest BCUT2D eigenvalue weighted by Crippen LogP contribution is -2.47. The van der Waals surface area contributed by atoms with Gasteiger partial charge in [-0.2, -0.15) is 0 Å². The summed E-state index contributed by atoms with van der Waals surface area (Å²) in [4.78, 5) is 14.1. The van der Waals surface area contributed by atoms with Gasteiger partial charge < -0.3 is 10.2 Å². The van der Waals surface area contributed by atoms with Gasteiger partial charge in [0, 0.05) is 36.7 Å². The van der Waals surface area contributed by atoms with E-state index in [1.165, 1.54) is 11.3 Å². The van der Waals surface area contributed by atoms with Crippen LogP contribution in [0.3, 0.4) is 0 Å². The summed E-state index contributed by atoms with van der Waals surface area (Å²) in [6.07, 6.45) is 2.16. The number of para-hydroxylation sites is 1. The Kier molecular flexibility index (Phi) is 3.00.